The number of hydrogen-bond acceptors (Lipinski definition) is 3. The average Bonchev–Trinajstić information content (AvgIpc) is 2.91. The van der Waals surface area contributed by atoms with Gasteiger partial charge in [-0.15, -0.1) is 11.3 Å². The zero-order chi connectivity index (χ0) is 14.8. The van der Waals surface area contributed by atoms with Crippen LogP contribution in [0.15, 0.2) is 29.6 Å². The number of aliphatic hydroxyl groups is 1. The molecule has 1 atom stereocenters. The molecule has 5 heteroatoms. The molecule has 0 saturated carbocycles. The summed E-state index contributed by atoms with van der Waals surface area (Å²) in [6, 6.07) is 5.35. The SMILES string of the molecule is OC(CCN1CCc2sccc2C1)c1cc(F)cc(F)c1. The van der Waals surface area contributed by atoms with Crippen LogP contribution in [0.25, 0.3) is 0 Å². The van der Waals surface area contributed by atoms with E-state index in [1.54, 1.807) is 11.3 Å². The monoisotopic (exact) mass is 309 g/mol. The maximum Gasteiger partial charge on any atom is 0.126 e. The molecule has 3 rings (SSSR count). The van der Waals surface area contributed by atoms with E-state index in [0.717, 1.165) is 25.6 Å². The van der Waals surface area contributed by atoms with Gasteiger partial charge in [0.2, 0.25) is 0 Å². The van der Waals surface area contributed by atoms with E-state index in [9.17, 15) is 13.9 Å². The number of thiophene rings is 1. The number of rotatable bonds is 4. The van der Waals surface area contributed by atoms with Gasteiger partial charge in [0.05, 0.1) is 6.10 Å². The van der Waals surface area contributed by atoms with Crippen LogP contribution in [0, 0.1) is 11.6 Å². The molecule has 0 saturated heterocycles. The summed E-state index contributed by atoms with van der Waals surface area (Å²) >= 11 is 1.79. The highest BCUT2D eigenvalue weighted by Crippen LogP contribution is 2.25. The third-order valence-corrected chi connectivity index (χ3v) is 4.90. The lowest BCUT2D eigenvalue weighted by molar-refractivity contribution is 0.137. The number of halogens is 2. The predicted molar refractivity (Wildman–Crippen MR) is 79.2 cm³/mol. The van der Waals surface area contributed by atoms with E-state index >= 15 is 0 Å². The average molecular weight is 309 g/mol. The fraction of sp³-hybridized carbons (Fsp3) is 0.375. The lowest BCUT2D eigenvalue weighted by Gasteiger charge is -2.27. The highest BCUT2D eigenvalue weighted by Gasteiger charge is 2.18. The molecule has 0 spiro atoms. The molecule has 1 aromatic heterocycles. The van der Waals surface area contributed by atoms with E-state index in [1.807, 2.05) is 0 Å². The summed E-state index contributed by atoms with van der Waals surface area (Å²) in [7, 11) is 0. The van der Waals surface area contributed by atoms with Crippen molar-refractivity contribution in [2.45, 2.75) is 25.5 Å². The molecule has 0 fully saturated rings. The van der Waals surface area contributed by atoms with Crippen molar-refractivity contribution >= 4 is 11.3 Å². The second kappa shape index (κ2) is 6.22. The molecule has 2 aromatic rings. The summed E-state index contributed by atoms with van der Waals surface area (Å²) in [5.74, 6) is -1.30. The Bertz CT molecular complexity index is 608. The van der Waals surface area contributed by atoms with E-state index < -0.39 is 17.7 Å². The summed E-state index contributed by atoms with van der Waals surface area (Å²) < 4.78 is 26.3. The molecule has 0 radical (unpaired) electrons. The van der Waals surface area contributed by atoms with E-state index in [0.29, 0.717) is 18.5 Å². The van der Waals surface area contributed by atoms with Gasteiger partial charge in [0, 0.05) is 30.6 Å². The number of fused-ring (bicyclic) bond motifs is 1. The van der Waals surface area contributed by atoms with Gasteiger partial charge in [-0.1, -0.05) is 0 Å². The van der Waals surface area contributed by atoms with Crippen molar-refractivity contribution in [2.75, 3.05) is 13.1 Å². The van der Waals surface area contributed by atoms with Gasteiger partial charge in [-0.25, -0.2) is 8.78 Å². The molecule has 1 aliphatic heterocycles. The first kappa shape index (κ1) is 14.6. The van der Waals surface area contributed by atoms with E-state index in [4.69, 9.17) is 0 Å². The van der Waals surface area contributed by atoms with Gasteiger partial charge < -0.3 is 5.11 Å². The molecule has 0 bridgehead atoms. The third kappa shape index (κ3) is 3.48. The Morgan fingerprint density at radius 1 is 1.24 bits per heavy atom. The van der Waals surface area contributed by atoms with Crippen LogP contribution in [0.1, 0.15) is 28.5 Å². The number of hydrogen-bond donors (Lipinski definition) is 1. The topological polar surface area (TPSA) is 23.5 Å². The summed E-state index contributed by atoms with van der Waals surface area (Å²) in [4.78, 5) is 3.72. The molecule has 2 nitrogen and oxygen atoms in total. The normalized spacial score (nSPS) is 16.7. The van der Waals surface area contributed by atoms with Crippen LogP contribution >= 0.6 is 11.3 Å². The Morgan fingerprint density at radius 2 is 2.00 bits per heavy atom. The van der Waals surface area contributed by atoms with Crippen molar-refractivity contribution in [1.82, 2.24) is 4.90 Å². The van der Waals surface area contributed by atoms with Crippen LogP contribution < -0.4 is 0 Å². The molecule has 0 amide bonds. The van der Waals surface area contributed by atoms with Crippen LogP contribution in [0.3, 0.4) is 0 Å². The first-order chi connectivity index (χ1) is 10.1. The van der Waals surface area contributed by atoms with Crippen molar-refractivity contribution in [2.24, 2.45) is 0 Å². The lowest BCUT2D eigenvalue weighted by atomic mass is 10.0. The van der Waals surface area contributed by atoms with Crippen molar-refractivity contribution in [3.05, 3.63) is 57.3 Å². The third-order valence-electron chi connectivity index (χ3n) is 3.88. The van der Waals surface area contributed by atoms with E-state index in [2.05, 4.69) is 16.3 Å². The van der Waals surface area contributed by atoms with Crippen molar-refractivity contribution < 1.29 is 13.9 Å². The van der Waals surface area contributed by atoms with Crippen LogP contribution in [-0.2, 0) is 13.0 Å². The fourth-order valence-electron chi connectivity index (χ4n) is 2.74. The highest BCUT2D eigenvalue weighted by atomic mass is 32.1. The van der Waals surface area contributed by atoms with Crippen molar-refractivity contribution in [3.8, 4) is 0 Å². The molecular weight excluding hydrogens is 292 g/mol. The van der Waals surface area contributed by atoms with Crippen molar-refractivity contribution in [3.63, 3.8) is 0 Å². The second-order valence-corrected chi connectivity index (χ2v) is 6.40. The minimum atomic E-state index is -0.834. The first-order valence-electron chi connectivity index (χ1n) is 7.03. The van der Waals surface area contributed by atoms with Gasteiger partial charge >= 0.3 is 0 Å². The Labute approximate surface area is 126 Å². The maximum atomic E-state index is 13.2. The highest BCUT2D eigenvalue weighted by molar-refractivity contribution is 7.10. The number of nitrogens with zero attached hydrogens (tertiary/aromatic N) is 1. The maximum absolute atomic E-state index is 13.2. The molecule has 1 aliphatic rings. The van der Waals surface area contributed by atoms with Crippen LogP contribution in [-0.4, -0.2) is 23.1 Å². The molecule has 21 heavy (non-hydrogen) atoms. The number of benzene rings is 1. The van der Waals surface area contributed by atoms with Gasteiger partial charge in [-0.3, -0.25) is 4.90 Å². The predicted octanol–water partition coefficient (Wildman–Crippen LogP) is 3.51. The Morgan fingerprint density at radius 3 is 2.76 bits per heavy atom. The standard InChI is InChI=1S/C16H17F2NOS/c17-13-7-12(8-14(18)9-13)15(20)1-4-19-5-2-16-11(10-19)3-6-21-16/h3,6-9,15,20H,1-2,4-5,10H2. The van der Waals surface area contributed by atoms with Gasteiger partial charge in [-0.2, -0.15) is 0 Å². The Kier molecular flexibility index (Phi) is 4.33. The van der Waals surface area contributed by atoms with Crippen LogP contribution in [0.4, 0.5) is 8.78 Å². The molecule has 112 valence electrons. The summed E-state index contributed by atoms with van der Waals surface area (Å²) in [6.45, 7) is 2.58. The van der Waals surface area contributed by atoms with Crippen molar-refractivity contribution in [1.29, 1.82) is 0 Å². The molecule has 1 N–H and O–H groups in total. The number of aliphatic hydroxyl groups excluding tert-OH is 1. The van der Waals surface area contributed by atoms with Gasteiger partial charge in [0.15, 0.2) is 0 Å². The van der Waals surface area contributed by atoms with Gasteiger partial charge in [-0.05, 0) is 47.5 Å². The molecule has 2 heterocycles. The van der Waals surface area contributed by atoms with Crippen LogP contribution in [0.2, 0.25) is 0 Å². The smallest absolute Gasteiger partial charge is 0.126 e. The summed E-state index contributed by atoms with van der Waals surface area (Å²) in [5, 5.41) is 12.2. The van der Waals surface area contributed by atoms with Gasteiger partial charge in [0.1, 0.15) is 11.6 Å². The molecule has 1 aromatic carbocycles. The fourth-order valence-corrected chi connectivity index (χ4v) is 3.63. The minimum absolute atomic E-state index is 0.306. The van der Waals surface area contributed by atoms with E-state index in [1.165, 1.54) is 22.6 Å². The van der Waals surface area contributed by atoms with Crippen LogP contribution in [0.5, 0.6) is 0 Å². The largest absolute Gasteiger partial charge is 0.388 e. The molecular formula is C16H17F2NOS. The van der Waals surface area contributed by atoms with Gasteiger partial charge in [0.25, 0.3) is 0 Å². The Hall–Kier alpha value is -1.30. The summed E-state index contributed by atoms with van der Waals surface area (Å²) in [5.41, 5.74) is 1.67. The first-order valence-corrected chi connectivity index (χ1v) is 7.91. The lowest BCUT2D eigenvalue weighted by Crippen LogP contribution is -2.31. The zero-order valence-corrected chi connectivity index (χ0v) is 12.4. The quantitative estimate of drug-likeness (QED) is 0.934. The minimum Gasteiger partial charge on any atom is -0.388 e. The molecule has 0 aliphatic carbocycles. The van der Waals surface area contributed by atoms with E-state index in [-0.39, 0.29) is 0 Å². The second-order valence-electron chi connectivity index (χ2n) is 5.40. The molecule has 1 unspecified atom stereocenters. The Balaban J connectivity index is 1.58. The summed E-state index contributed by atoms with van der Waals surface area (Å²) in [6.07, 6.45) is 0.680. The zero-order valence-electron chi connectivity index (χ0n) is 11.6.